The molecule has 1 saturated heterocycles. The molecule has 0 aromatic carbocycles. The lowest BCUT2D eigenvalue weighted by Gasteiger charge is -2.41. The first kappa shape index (κ1) is 15.6. The van der Waals surface area contributed by atoms with E-state index in [1.807, 2.05) is 11.2 Å². The number of hydrogen-bond acceptors (Lipinski definition) is 3. The SMILES string of the molecule is CSCC(=O)N1CCC[C@@](CO)(CC=C(C)C)C1. The van der Waals surface area contributed by atoms with Gasteiger partial charge in [-0.1, -0.05) is 11.6 Å². The minimum absolute atomic E-state index is 0.121. The van der Waals surface area contributed by atoms with Crippen molar-refractivity contribution in [2.75, 3.05) is 31.7 Å². The van der Waals surface area contributed by atoms with Crippen LogP contribution in [0.1, 0.15) is 33.1 Å². The molecule has 0 aliphatic carbocycles. The van der Waals surface area contributed by atoms with Crippen LogP contribution in [0.25, 0.3) is 0 Å². The van der Waals surface area contributed by atoms with Gasteiger partial charge in [-0.15, -0.1) is 0 Å². The van der Waals surface area contributed by atoms with Crippen LogP contribution < -0.4 is 0 Å². The molecule has 1 fully saturated rings. The van der Waals surface area contributed by atoms with Crippen molar-refractivity contribution in [3.8, 4) is 0 Å². The largest absolute Gasteiger partial charge is 0.396 e. The van der Waals surface area contributed by atoms with Crippen LogP contribution in [0.4, 0.5) is 0 Å². The van der Waals surface area contributed by atoms with E-state index in [0.29, 0.717) is 12.3 Å². The van der Waals surface area contributed by atoms with Crippen LogP contribution in [0.3, 0.4) is 0 Å². The van der Waals surface area contributed by atoms with Crippen molar-refractivity contribution in [2.45, 2.75) is 33.1 Å². The van der Waals surface area contributed by atoms with Crippen molar-refractivity contribution in [2.24, 2.45) is 5.41 Å². The molecule has 1 heterocycles. The second-order valence-electron chi connectivity index (χ2n) is 5.50. The fraction of sp³-hybridized carbons (Fsp3) is 0.786. The van der Waals surface area contributed by atoms with Gasteiger partial charge in [-0.05, 0) is 39.4 Å². The minimum atomic E-state index is -0.121. The first-order valence-electron chi connectivity index (χ1n) is 6.54. The Morgan fingerprint density at radius 1 is 1.50 bits per heavy atom. The maximum atomic E-state index is 11.9. The number of piperidine rings is 1. The number of carbonyl (C=O) groups is 1. The summed E-state index contributed by atoms with van der Waals surface area (Å²) in [6, 6.07) is 0. The highest BCUT2D eigenvalue weighted by Gasteiger charge is 2.35. The molecule has 0 bridgehead atoms. The zero-order valence-electron chi connectivity index (χ0n) is 11.7. The number of hydrogen-bond donors (Lipinski definition) is 1. The number of likely N-dealkylation sites (tertiary alicyclic amines) is 1. The van der Waals surface area contributed by atoms with Crippen LogP contribution in [-0.2, 0) is 4.79 Å². The maximum absolute atomic E-state index is 11.9. The van der Waals surface area contributed by atoms with Crippen molar-refractivity contribution in [3.63, 3.8) is 0 Å². The van der Waals surface area contributed by atoms with Crippen LogP contribution in [-0.4, -0.2) is 47.6 Å². The number of aliphatic hydroxyl groups excluding tert-OH is 1. The fourth-order valence-corrected chi connectivity index (χ4v) is 2.85. The van der Waals surface area contributed by atoms with Gasteiger partial charge in [-0.3, -0.25) is 4.79 Å². The molecule has 0 aromatic heterocycles. The van der Waals surface area contributed by atoms with Crippen LogP contribution >= 0.6 is 11.8 Å². The van der Waals surface area contributed by atoms with E-state index in [4.69, 9.17) is 0 Å². The zero-order chi connectivity index (χ0) is 13.6. The average molecular weight is 271 g/mol. The molecule has 0 unspecified atom stereocenters. The second kappa shape index (κ2) is 7.19. The summed E-state index contributed by atoms with van der Waals surface area (Å²) in [6.45, 7) is 5.86. The van der Waals surface area contributed by atoms with E-state index < -0.39 is 0 Å². The second-order valence-corrected chi connectivity index (χ2v) is 6.36. The molecule has 0 radical (unpaired) electrons. The Hall–Kier alpha value is -0.480. The van der Waals surface area contributed by atoms with E-state index in [2.05, 4.69) is 19.9 Å². The zero-order valence-corrected chi connectivity index (χ0v) is 12.6. The molecule has 1 amide bonds. The summed E-state index contributed by atoms with van der Waals surface area (Å²) in [6.07, 6.45) is 7.01. The summed E-state index contributed by atoms with van der Waals surface area (Å²) in [5.74, 6) is 0.752. The van der Waals surface area contributed by atoms with Crippen molar-refractivity contribution in [1.29, 1.82) is 0 Å². The third kappa shape index (κ3) is 4.32. The van der Waals surface area contributed by atoms with Crippen molar-refractivity contribution in [1.82, 2.24) is 4.90 Å². The average Bonchev–Trinajstić information content (AvgIpc) is 2.37. The smallest absolute Gasteiger partial charge is 0.232 e. The Balaban J connectivity index is 2.69. The van der Waals surface area contributed by atoms with E-state index in [0.717, 1.165) is 25.8 Å². The van der Waals surface area contributed by atoms with E-state index in [1.54, 1.807) is 11.8 Å². The highest BCUT2D eigenvalue weighted by molar-refractivity contribution is 7.99. The third-order valence-corrected chi connectivity index (χ3v) is 4.10. The Labute approximate surface area is 115 Å². The van der Waals surface area contributed by atoms with Gasteiger partial charge in [0.25, 0.3) is 0 Å². The topological polar surface area (TPSA) is 40.5 Å². The van der Waals surface area contributed by atoms with Gasteiger partial charge in [0.2, 0.25) is 5.91 Å². The molecule has 1 aliphatic heterocycles. The normalized spacial score (nSPS) is 23.9. The molecular formula is C14H25NO2S. The molecule has 1 rings (SSSR count). The highest BCUT2D eigenvalue weighted by atomic mass is 32.2. The summed E-state index contributed by atoms with van der Waals surface area (Å²) in [5, 5.41) is 9.71. The van der Waals surface area contributed by atoms with Gasteiger partial charge in [0, 0.05) is 18.5 Å². The first-order valence-corrected chi connectivity index (χ1v) is 7.93. The molecule has 1 aliphatic rings. The summed E-state index contributed by atoms with van der Waals surface area (Å²) >= 11 is 1.56. The van der Waals surface area contributed by atoms with Gasteiger partial charge in [0.1, 0.15) is 0 Å². The number of amides is 1. The molecule has 18 heavy (non-hydrogen) atoms. The van der Waals surface area contributed by atoms with Crippen molar-refractivity contribution in [3.05, 3.63) is 11.6 Å². The molecular weight excluding hydrogens is 246 g/mol. The number of carbonyl (C=O) groups excluding carboxylic acids is 1. The number of aliphatic hydroxyl groups is 1. The van der Waals surface area contributed by atoms with E-state index in [1.165, 1.54) is 5.57 Å². The standard InChI is InChI=1S/C14H25NO2S/c1-12(2)5-7-14(11-16)6-4-8-15(10-14)13(17)9-18-3/h5,16H,4,6-11H2,1-3H3/t14-/m1/s1. The lowest BCUT2D eigenvalue weighted by molar-refractivity contribution is -0.132. The Morgan fingerprint density at radius 2 is 2.22 bits per heavy atom. The van der Waals surface area contributed by atoms with Crippen LogP contribution in [0.5, 0.6) is 0 Å². The molecule has 1 N–H and O–H groups in total. The maximum Gasteiger partial charge on any atom is 0.232 e. The molecule has 0 spiro atoms. The van der Waals surface area contributed by atoms with E-state index in [9.17, 15) is 9.90 Å². The van der Waals surface area contributed by atoms with Gasteiger partial charge in [-0.2, -0.15) is 11.8 Å². The van der Waals surface area contributed by atoms with Crippen molar-refractivity contribution >= 4 is 17.7 Å². The Bertz CT molecular complexity index is 313. The predicted octanol–water partition coefficient (Wildman–Crippen LogP) is 2.31. The first-order chi connectivity index (χ1) is 8.53. The monoisotopic (exact) mass is 271 g/mol. The lowest BCUT2D eigenvalue weighted by Crippen LogP contribution is -2.48. The molecule has 104 valence electrons. The summed E-state index contributed by atoms with van der Waals surface area (Å²) in [7, 11) is 0. The van der Waals surface area contributed by atoms with Crippen LogP contribution in [0.15, 0.2) is 11.6 Å². The summed E-state index contributed by atoms with van der Waals surface area (Å²) < 4.78 is 0. The van der Waals surface area contributed by atoms with Gasteiger partial charge < -0.3 is 10.0 Å². The van der Waals surface area contributed by atoms with Crippen molar-refractivity contribution < 1.29 is 9.90 Å². The minimum Gasteiger partial charge on any atom is -0.396 e. The summed E-state index contributed by atoms with van der Waals surface area (Å²) in [5.41, 5.74) is 1.15. The molecule has 0 saturated carbocycles. The van der Waals surface area contributed by atoms with E-state index in [-0.39, 0.29) is 17.9 Å². The quantitative estimate of drug-likeness (QED) is 0.780. The molecule has 4 heteroatoms. The fourth-order valence-electron chi connectivity index (χ4n) is 2.42. The lowest BCUT2D eigenvalue weighted by atomic mass is 9.77. The third-order valence-electron chi connectivity index (χ3n) is 3.56. The van der Waals surface area contributed by atoms with Crippen LogP contribution in [0, 0.1) is 5.41 Å². The van der Waals surface area contributed by atoms with Gasteiger partial charge in [0.15, 0.2) is 0 Å². The van der Waals surface area contributed by atoms with Gasteiger partial charge in [0.05, 0.1) is 12.4 Å². The Kier molecular flexibility index (Phi) is 6.22. The predicted molar refractivity (Wildman–Crippen MR) is 77.8 cm³/mol. The molecule has 1 atom stereocenters. The van der Waals surface area contributed by atoms with Gasteiger partial charge >= 0.3 is 0 Å². The number of thioether (sulfide) groups is 1. The number of nitrogens with zero attached hydrogens (tertiary/aromatic N) is 1. The number of allylic oxidation sites excluding steroid dienone is 2. The Morgan fingerprint density at radius 3 is 2.78 bits per heavy atom. The van der Waals surface area contributed by atoms with Gasteiger partial charge in [-0.25, -0.2) is 0 Å². The van der Waals surface area contributed by atoms with E-state index >= 15 is 0 Å². The number of rotatable bonds is 5. The molecule has 3 nitrogen and oxygen atoms in total. The molecule has 0 aromatic rings. The van der Waals surface area contributed by atoms with Crippen LogP contribution in [0.2, 0.25) is 0 Å². The highest BCUT2D eigenvalue weighted by Crippen LogP contribution is 2.34. The summed E-state index contributed by atoms with van der Waals surface area (Å²) in [4.78, 5) is 13.9.